The van der Waals surface area contributed by atoms with E-state index in [1.165, 1.54) is 24.3 Å². The van der Waals surface area contributed by atoms with Crippen LogP contribution in [0.1, 0.15) is 20.7 Å². The molecule has 2 aromatic carbocycles. The van der Waals surface area contributed by atoms with Crippen LogP contribution < -0.4 is 20.1 Å². The molecule has 2 aromatic rings. The van der Waals surface area contributed by atoms with Gasteiger partial charge in [0.25, 0.3) is 11.8 Å². The lowest BCUT2D eigenvalue weighted by molar-refractivity contribution is -0.124. The summed E-state index contributed by atoms with van der Waals surface area (Å²) in [7, 11) is 0. The third kappa shape index (κ3) is 7.71. The molecule has 152 valence electrons. The first kappa shape index (κ1) is 21.4. The molecule has 0 spiro atoms. The van der Waals surface area contributed by atoms with Crippen LogP contribution in [0.15, 0.2) is 48.5 Å². The Morgan fingerprint density at radius 2 is 1.41 bits per heavy atom. The van der Waals surface area contributed by atoms with Crippen molar-refractivity contribution in [2.45, 2.75) is 0 Å². The zero-order valence-corrected chi connectivity index (χ0v) is 15.4. The minimum atomic E-state index is -1.09. The average Bonchev–Trinajstić information content (AvgIpc) is 2.74. The molecule has 0 radical (unpaired) electrons. The van der Waals surface area contributed by atoms with E-state index in [0.717, 1.165) is 0 Å². The second kappa shape index (κ2) is 11.1. The number of hydrogen-bond acceptors (Lipinski definition) is 6. The highest BCUT2D eigenvalue weighted by atomic mass is 16.5. The van der Waals surface area contributed by atoms with E-state index in [0.29, 0.717) is 17.6 Å². The van der Waals surface area contributed by atoms with Gasteiger partial charge in [0.05, 0.1) is 5.56 Å². The maximum Gasteiger partial charge on any atom is 0.335 e. The number of rotatable bonds is 11. The van der Waals surface area contributed by atoms with E-state index in [2.05, 4.69) is 10.6 Å². The molecule has 0 saturated carbocycles. The molecule has 3 N–H and O–H groups in total. The second-order valence-corrected chi connectivity index (χ2v) is 5.80. The summed E-state index contributed by atoms with van der Waals surface area (Å²) in [6.45, 7) is -0.132. The van der Waals surface area contributed by atoms with E-state index in [1.54, 1.807) is 24.3 Å². The number of carbonyl (C=O) groups is 4. The molecule has 0 aliphatic carbocycles. The molecule has 0 heterocycles. The maximum absolute atomic E-state index is 11.7. The molecule has 2 rings (SSSR count). The van der Waals surface area contributed by atoms with Crippen molar-refractivity contribution in [2.75, 3.05) is 26.3 Å². The van der Waals surface area contributed by atoms with Crippen LogP contribution in [0.5, 0.6) is 11.5 Å². The fourth-order valence-electron chi connectivity index (χ4n) is 2.20. The number of amides is 2. The van der Waals surface area contributed by atoms with Crippen molar-refractivity contribution in [1.29, 1.82) is 0 Å². The van der Waals surface area contributed by atoms with Crippen molar-refractivity contribution in [3.63, 3.8) is 0 Å². The van der Waals surface area contributed by atoms with Gasteiger partial charge in [-0.05, 0) is 30.3 Å². The molecule has 0 bridgehead atoms. The lowest BCUT2D eigenvalue weighted by atomic mass is 10.2. The van der Waals surface area contributed by atoms with Gasteiger partial charge in [-0.2, -0.15) is 0 Å². The van der Waals surface area contributed by atoms with Crippen LogP contribution >= 0.6 is 0 Å². The van der Waals surface area contributed by atoms with Crippen molar-refractivity contribution < 1.29 is 33.8 Å². The van der Waals surface area contributed by atoms with Crippen LogP contribution in [-0.4, -0.2) is 55.5 Å². The highest BCUT2D eigenvalue weighted by Gasteiger charge is 2.07. The molecular formula is C20H20N2O7. The maximum atomic E-state index is 11.7. The Balaban J connectivity index is 1.61. The molecule has 0 aliphatic rings. The van der Waals surface area contributed by atoms with Crippen LogP contribution in [0.25, 0.3) is 0 Å². The monoisotopic (exact) mass is 400 g/mol. The third-order valence-corrected chi connectivity index (χ3v) is 3.58. The van der Waals surface area contributed by atoms with Crippen molar-refractivity contribution >= 4 is 24.1 Å². The Bertz CT molecular complexity index is 883. The molecular weight excluding hydrogens is 380 g/mol. The van der Waals surface area contributed by atoms with E-state index in [1.807, 2.05) is 0 Å². The average molecular weight is 400 g/mol. The summed E-state index contributed by atoms with van der Waals surface area (Å²) >= 11 is 0. The number of aldehydes is 1. The Kier molecular flexibility index (Phi) is 8.18. The fraction of sp³-hybridized carbons (Fsp3) is 0.200. The molecule has 0 unspecified atom stereocenters. The number of ether oxygens (including phenoxy) is 2. The number of carboxylic acid groups (broad SMARTS) is 1. The van der Waals surface area contributed by atoms with E-state index in [4.69, 9.17) is 14.6 Å². The first-order valence-corrected chi connectivity index (χ1v) is 8.65. The van der Waals surface area contributed by atoms with Crippen molar-refractivity contribution in [1.82, 2.24) is 10.6 Å². The van der Waals surface area contributed by atoms with Gasteiger partial charge in [-0.15, -0.1) is 0 Å². The smallest absolute Gasteiger partial charge is 0.335 e. The van der Waals surface area contributed by atoms with E-state index in [-0.39, 0.29) is 43.5 Å². The number of benzene rings is 2. The second-order valence-electron chi connectivity index (χ2n) is 5.80. The zero-order valence-electron chi connectivity index (χ0n) is 15.4. The summed E-state index contributed by atoms with van der Waals surface area (Å²) in [4.78, 5) is 45.0. The van der Waals surface area contributed by atoms with Crippen LogP contribution in [0, 0.1) is 0 Å². The lowest BCUT2D eigenvalue weighted by Crippen LogP contribution is -2.38. The first-order chi connectivity index (χ1) is 14.0. The molecule has 0 fully saturated rings. The lowest BCUT2D eigenvalue weighted by Gasteiger charge is -2.10. The number of hydrogen-bond donors (Lipinski definition) is 3. The van der Waals surface area contributed by atoms with Crippen LogP contribution in [0.4, 0.5) is 0 Å². The summed E-state index contributed by atoms with van der Waals surface area (Å²) in [5, 5.41) is 14.0. The standard InChI is InChI=1S/C20H20N2O7/c23-11-14-3-1-5-16(9-14)28-12-18(24)21-7-8-22-19(25)13-29-17-6-2-4-15(10-17)20(26)27/h1-6,9-11H,7-8,12-13H2,(H,21,24)(H,22,25)(H,26,27). The molecule has 0 atom stereocenters. The highest BCUT2D eigenvalue weighted by Crippen LogP contribution is 2.13. The van der Waals surface area contributed by atoms with Gasteiger partial charge in [0.15, 0.2) is 13.2 Å². The predicted molar refractivity (Wildman–Crippen MR) is 102 cm³/mol. The molecule has 9 nitrogen and oxygen atoms in total. The van der Waals surface area contributed by atoms with Gasteiger partial charge >= 0.3 is 5.97 Å². The van der Waals surface area contributed by atoms with Gasteiger partial charge in [-0.1, -0.05) is 18.2 Å². The van der Waals surface area contributed by atoms with Crippen LogP contribution in [0.3, 0.4) is 0 Å². The number of carboxylic acids is 1. The van der Waals surface area contributed by atoms with E-state index >= 15 is 0 Å². The van der Waals surface area contributed by atoms with Crippen molar-refractivity contribution in [3.8, 4) is 11.5 Å². The summed E-state index contributed by atoms with van der Waals surface area (Å²) < 4.78 is 10.5. The van der Waals surface area contributed by atoms with Crippen LogP contribution in [-0.2, 0) is 9.59 Å². The molecule has 9 heteroatoms. The Hall–Kier alpha value is -3.88. The molecule has 29 heavy (non-hydrogen) atoms. The minimum Gasteiger partial charge on any atom is -0.484 e. The van der Waals surface area contributed by atoms with Gasteiger partial charge in [-0.3, -0.25) is 14.4 Å². The van der Waals surface area contributed by atoms with Crippen molar-refractivity contribution in [3.05, 3.63) is 59.7 Å². The zero-order chi connectivity index (χ0) is 21.1. The summed E-state index contributed by atoms with van der Waals surface area (Å²) in [5.41, 5.74) is 0.508. The van der Waals surface area contributed by atoms with E-state index < -0.39 is 11.9 Å². The Labute approximate surface area is 166 Å². The van der Waals surface area contributed by atoms with Gasteiger partial charge in [0.1, 0.15) is 17.8 Å². The molecule has 0 aliphatic heterocycles. The van der Waals surface area contributed by atoms with Crippen molar-refractivity contribution in [2.24, 2.45) is 0 Å². The predicted octanol–water partition coefficient (Wildman–Crippen LogP) is 0.887. The number of aromatic carboxylic acids is 1. The van der Waals surface area contributed by atoms with Gasteiger partial charge < -0.3 is 25.2 Å². The Morgan fingerprint density at radius 1 is 0.862 bits per heavy atom. The Morgan fingerprint density at radius 3 is 1.97 bits per heavy atom. The summed E-state index contributed by atoms with van der Waals surface area (Å²) in [6, 6.07) is 12.2. The largest absolute Gasteiger partial charge is 0.484 e. The van der Waals surface area contributed by atoms with Gasteiger partial charge in [0.2, 0.25) is 0 Å². The number of carbonyl (C=O) groups excluding carboxylic acids is 3. The van der Waals surface area contributed by atoms with Crippen LogP contribution in [0.2, 0.25) is 0 Å². The van der Waals surface area contributed by atoms with Gasteiger partial charge in [0, 0.05) is 18.7 Å². The number of nitrogens with one attached hydrogen (secondary N) is 2. The highest BCUT2D eigenvalue weighted by molar-refractivity contribution is 5.88. The topological polar surface area (TPSA) is 131 Å². The van der Waals surface area contributed by atoms with E-state index in [9.17, 15) is 19.2 Å². The normalized spacial score (nSPS) is 9.93. The molecule has 0 aromatic heterocycles. The summed E-state index contributed by atoms with van der Waals surface area (Å²) in [6.07, 6.45) is 0.683. The third-order valence-electron chi connectivity index (χ3n) is 3.58. The SMILES string of the molecule is O=Cc1cccc(OCC(=O)NCCNC(=O)COc2cccc(C(=O)O)c2)c1. The molecule has 2 amide bonds. The first-order valence-electron chi connectivity index (χ1n) is 8.65. The van der Waals surface area contributed by atoms with Gasteiger partial charge in [-0.25, -0.2) is 4.79 Å². The fourth-order valence-corrected chi connectivity index (χ4v) is 2.20. The minimum absolute atomic E-state index is 0.0609. The quantitative estimate of drug-likeness (QED) is 0.377. The molecule has 0 saturated heterocycles. The summed E-state index contributed by atoms with van der Waals surface area (Å²) in [5.74, 6) is -1.21.